The monoisotopic (exact) mass is 571 g/mol. The molecule has 1 saturated heterocycles. The molecule has 0 saturated carbocycles. The highest BCUT2D eigenvalue weighted by Gasteiger charge is 2.39. The molecule has 2 heterocycles. The Balaban J connectivity index is 1.54. The number of carboxylic acid groups (broad SMARTS) is 1. The van der Waals surface area contributed by atoms with Gasteiger partial charge < -0.3 is 19.9 Å². The molecule has 2 amide bonds. The number of halogens is 5. The lowest BCUT2D eigenvalue weighted by molar-refractivity contribution is -0.139. The van der Waals surface area contributed by atoms with Crippen LogP contribution in [0.1, 0.15) is 22.3 Å². The number of carbonyl (C=O) groups excluding carboxylic acids is 2. The molecule has 35 heavy (non-hydrogen) atoms. The molecule has 1 fully saturated rings. The number of carbonyl (C=O) groups is 3. The van der Waals surface area contributed by atoms with E-state index in [1.807, 2.05) is 0 Å². The van der Waals surface area contributed by atoms with Gasteiger partial charge in [0.1, 0.15) is 30.4 Å². The summed E-state index contributed by atoms with van der Waals surface area (Å²) < 4.78 is 43.7. The number of rotatable bonds is 6. The fourth-order valence-electron chi connectivity index (χ4n) is 4.12. The maximum Gasteiger partial charge on any atom is 0.337 e. The van der Waals surface area contributed by atoms with Gasteiger partial charge in [-0.2, -0.15) is 0 Å². The zero-order valence-corrected chi connectivity index (χ0v) is 20.2. The molecule has 1 aromatic heterocycles. The lowest BCUT2D eigenvalue weighted by Gasteiger charge is -2.24. The number of nitrogens with zero attached hydrogens (tertiary/aromatic N) is 2. The molecule has 2 atom stereocenters. The number of alkyl halides is 1. The number of carboxylic acids is 1. The molecular formula is C23H18BrClF3N3O4. The van der Waals surface area contributed by atoms with Gasteiger partial charge in [0.15, 0.2) is 0 Å². The van der Waals surface area contributed by atoms with Crippen molar-refractivity contribution >= 4 is 56.2 Å². The topological polar surface area (TPSA) is 91.6 Å². The second kappa shape index (κ2) is 9.90. The fourth-order valence-corrected chi connectivity index (χ4v) is 4.64. The summed E-state index contributed by atoms with van der Waals surface area (Å²) in [4.78, 5) is 38.5. The Morgan fingerprint density at radius 2 is 1.97 bits per heavy atom. The third kappa shape index (κ3) is 5.01. The van der Waals surface area contributed by atoms with Crippen molar-refractivity contribution in [3.63, 3.8) is 0 Å². The summed E-state index contributed by atoms with van der Waals surface area (Å²) >= 11 is 8.79. The SMILES string of the molecule is O=C(O)c1cn(CC(=O)N2C[C@H](F)C[C@H]2C(=O)NCc2cccc(Cl)c2F)c2cc(Br)c(F)cc12. The summed E-state index contributed by atoms with van der Waals surface area (Å²) in [5, 5.41) is 12.0. The van der Waals surface area contributed by atoms with Gasteiger partial charge in [0.25, 0.3) is 0 Å². The van der Waals surface area contributed by atoms with Crippen LogP contribution < -0.4 is 5.32 Å². The number of hydrogen-bond acceptors (Lipinski definition) is 3. The first-order chi connectivity index (χ1) is 16.6. The molecule has 3 aromatic rings. The second-order valence-corrected chi connectivity index (χ2v) is 9.35. The van der Waals surface area contributed by atoms with Crippen molar-refractivity contribution in [1.29, 1.82) is 0 Å². The Morgan fingerprint density at radius 3 is 2.69 bits per heavy atom. The van der Waals surface area contributed by atoms with Crippen LogP contribution in [-0.4, -0.2) is 51.1 Å². The number of hydrogen-bond donors (Lipinski definition) is 2. The van der Waals surface area contributed by atoms with Crippen molar-refractivity contribution < 1.29 is 32.7 Å². The van der Waals surface area contributed by atoms with Crippen molar-refractivity contribution in [3.8, 4) is 0 Å². The van der Waals surface area contributed by atoms with E-state index in [1.54, 1.807) is 0 Å². The lowest BCUT2D eigenvalue weighted by Crippen LogP contribution is -2.46. The van der Waals surface area contributed by atoms with Crippen LogP contribution in [-0.2, 0) is 22.7 Å². The van der Waals surface area contributed by atoms with Crippen LogP contribution in [0.5, 0.6) is 0 Å². The third-order valence-corrected chi connectivity index (χ3v) is 6.72. The van der Waals surface area contributed by atoms with E-state index in [9.17, 15) is 32.7 Å². The predicted molar refractivity (Wildman–Crippen MR) is 125 cm³/mol. The quantitative estimate of drug-likeness (QED) is 0.461. The molecule has 0 unspecified atom stereocenters. The first kappa shape index (κ1) is 25.1. The minimum Gasteiger partial charge on any atom is -0.478 e. The smallest absolute Gasteiger partial charge is 0.337 e. The zero-order valence-electron chi connectivity index (χ0n) is 17.9. The number of amides is 2. The number of likely N-dealkylation sites (tertiary alicyclic amines) is 1. The molecule has 1 aliphatic heterocycles. The fraction of sp³-hybridized carbons (Fsp3) is 0.261. The van der Waals surface area contributed by atoms with Gasteiger partial charge in [-0.15, -0.1) is 0 Å². The molecule has 184 valence electrons. The molecule has 4 rings (SSSR count). The average Bonchev–Trinajstić information content (AvgIpc) is 3.36. The molecule has 12 heteroatoms. The molecular weight excluding hydrogens is 555 g/mol. The molecule has 2 N–H and O–H groups in total. The predicted octanol–water partition coefficient (Wildman–Crippen LogP) is 4.29. The van der Waals surface area contributed by atoms with Crippen molar-refractivity contribution in [2.24, 2.45) is 0 Å². The van der Waals surface area contributed by atoms with Gasteiger partial charge in [0.05, 0.1) is 27.1 Å². The maximum atomic E-state index is 14.2. The van der Waals surface area contributed by atoms with Gasteiger partial charge in [-0.05, 0) is 34.1 Å². The Labute approximate surface area is 210 Å². The number of aromatic nitrogens is 1. The largest absolute Gasteiger partial charge is 0.478 e. The van der Waals surface area contributed by atoms with Crippen molar-refractivity contribution in [3.05, 3.63) is 68.8 Å². The molecule has 0 spiro atoms. The molecule has 0 radical (unpaired) electrons. The van der Waals surface area contributed by atoms with Crippen LogP contribution >= 0.6 is 27.5 Å². The molecule has 0 bridgehead atoms. The van der Waals surface area contributed by atoms with E-state index in [-0.39, 0.29) is 51.0 Å². The Kier molecular flexibility index (Phi) is 7.09. The summed E-state index contributed by atoms with van der Waals surface area (Å²) in [7, 11) is 0. The molecule has 0 aliphatic carbocycles. The van der Waals surface area contributed by atoms with E-state index in [4.69, 9.17) is 11.6 Å². The molecule has 7 nitrogen and oxygen atoms in total. The highest BCUT2D eigenvalue weighted by atomic mass is 79.9. The van der Waals surface area contributed by atoms with Gasteiger partial charge >= 0.3 is 5.97 Å². The Morgan fingerprint density at radius 1 is 1.23 bits per heavy atom. The van der Waals surface area contributed by atoms with Gasteiger partial charge in [-0.25, -0.2) is 18.0 Å². The number of fused-ring (bicyclic) bond motifs is 1. The van der Waals surface area contributed by atoms with E-state index in [0.29, 0.717) is 0 Å². The van der Waals surface area contributed by atoms with Gasteiger partial charge in [0.2, 0.25) is 11.8 Å². The lowest BCUT2D eigenvalue weighted by atomic mass is 10.1. The van der Waals surface area contributed by atoms with Crippen LogP contribution in [0.3, 0.4) is 0 Å². The maximum absolute atomic E-state index is 14.2. The number of benzene rings is 2. The van der Waals surface area contributed by atoms with E-state index in [0.717, 1.165) is 11.0 Å². The average molecular weight is 573 g/mol. The summed E-state index contributed by atoms with van der Waals surface area (Å²) in [6.45, 7) is -0.933. The highest BCUT2D eigenvalue weighted by Crippen LogP contribution is 2.29. The van der Waals surface area contributed by atoms with E-state index < -0.39 is 48.2 Å². The summed E-state index contributed by atoms with van der Waals surface area (Å²) in [6, 6.07) is 5.58. The van der Waals surface area contributed by atoms with Crippen LogP contribution in [0, 0.1) is 11.6 Å². The standard InChI is InChI=1S/C23H18BrClF3N3O4/c24-15-6-18-13(5-17(15)27)14(23(34)35)9-30(18)10-20(32)31-8-12(26)4-19(31)22(33)29-7-11-2-1-3-16(25)21(11)28/h1-3,5-6,9,12,19H,4,7-8,10H2,(H,29,33)(H,34,35)/t12-,19+/m1/s1. The van der Waals surface area contributed by atoms with Crippen molar-refractivity contribution in [1.82, 2.24) is 14.8 Å². The number of nitrogens with one attached hydrogen (secondary N) is 1. The molecule has 1 aliphatic rings. The minimum atomic E-state index is -1.45. The van der Waals surface area contributed by atoms with E-state index >= 15 is 0 Å². The van der Waals surface area contributed by atoms with Gasteiger partial charge in [0, 0.05) is 30.1 Å². The van der Waals surface area contributed by atoms with Crippen LogP contribution in [0.15, 0.2) is 41.0 Å². The summed E-state index contributed by atoms with van der Waals surface area (Å²) in [6.07, 6.45) is -0.493. The van der Waals surface area contributed by atoms with Crippen molar-refractivity contribution in [2.45, 2.75) is 31.7 Å². The third-order valence-electron chi connectivity index (χ3n) is 5.82. The number of aromatic carboxylic acids is 1. The first-order valence-electron chi connectivity index (χ1n) is 10.4. The van der Waals surface area contributed by atoms with Crippen LogP contribution in [0.25, 0.3) is 10.9 Å². The summed E-state index contributed by atoms with van der Waals surface area (Å²) in [5.74, 6) is -3.96. The van der Waals surface area contributed by atoms with E-state index in [2.05, 4.69) is 21.2 Å². The van der Waals surface area contributed by atoms with Crippen molar-refractivity contribution in [2.75, 3.05) is 6.54 Å². The second-order valence-electron chi connectivity index (χ2n) is 8.08. The van der Waals surface area contributed by atoms with E-state index in [1.165, 1.54) is 35.0 Å². The van der Waals surface area contributed by atoms with Crippen LogP contribution in [0.2, 0.25) is 5.02 Å². The highest BCUT2D eigenvalue weighted by molar-refractivity contribution is 9.10. The molecule has 2 aromatic carbocycles. The Hall–Kier alpha value is -3.05. The van der Waals surface area contributed by atoms with Crippen LogP contribution in [0.4, 0.5) is 13.2 Å². The van der Waals surface area contributed by atoms with Gasteiger partial charge in [-0.3, -0.25) is 9.59 Å². The summed E-state index contributed by atoms with van der Waals surface area (Å²) in [5.41, 5.74) is 0.204. The minimum absolute atomic E-state index is 0.0734. The van der Waals surface area contributed by atoms with Gasteiger partial charge in [-0.1, -0.05) is 23.7 Å². The normalized spacial score (nSPS) is 17.7. The Bertz CT molecular complexity index is 1350. The zero-order chi connectivity index (χ0) is 25.4. The first-order valence-corrected chi connectivity index (χ1v) is 11.6.